The van der Waals surface area contributed by atoms with Gasteiger partial charge in [0.15, 0.2) is 5.78 Å². The number of ketones is 1. The van der Waals surface area contributed by atoms with Crippen molar-refractivity contribution in [2.45, 2.75) is 51.9 Å². The molecule has 0 heterocycles. The molecule has 0 radical (unpaired) electrons. The third kappa shape index (κ3) is 6.43. The number of amides is 1. The lowest BCUT2D eigenvalue weighted by molar-refractivity contribution is -0.121. The van der Waals surface area contributed by atoms with Crippen molar-refractivity contribution in [1.82, 2.24) is 5.32 Å². The molecular formula is C19H27NO3. The Morgan fingerprint density at radius 2 is 1.83 bits per heavy atom. The van der Waals surface area contributed by atoms with Crippen molar-refractivity contribution in [2.75, 3.05) is 13.2 Å². The fraction of sp³-hybridized carbons (Fsp3) is 0.579. The summed E-state index contributed by atoms with van der Waals surface area (Å²) in [5.41, 5.74) is 0.680. The maximum absolute atomic E-state index is 11.8. The summed E-state index contributed by atoms with van der Waals surface area (Å²) in [6, 6.07) is 7.10. The second-order valence-electron chi connectivity index (χ2n) is 6.34. The van der Waals surface area contributed by atoms with Crippen LogP contribution in [0.15, 0.2) is 24.3 Å². The molecule has 2 rings (SSSR count). The van der Waals surface area contributed by atoms with Crippen molar-refractivity contribution in [2.24, 2.45) is 5.92 Å². The van der Waals surface area contributed by atoms with Crippen molar-refractivity contribution < 1.29 is 14.3 Å². The Kier molecular flexibility index (Phi) is 7.11. The topological polar surface area (TPSA) is 55.4 Å². The average molecular weight is 317 g/mol. The smallest absolute Gasteiger partial charge is 0.220 e. The summed E-state index contributed by atoms with van der Waals surface area (Å²) in [5, 5.41) is 3.04. The Balaban J connectivity index is 1.57. The Bertz CT molecular complexity index is 504. The number of Topliss-reactive ketones (excluding diaryl/α,β-unsaturated/α-hetero) is 1. The molecule has 0 spiro atoms. The largest absolute Gasteiger partial charge is 0.494 e. The van der Waals surface area contributed by atoms with Gasteiger partial charge < -0.3 is 10.1 Å². The fourth-order valence-corrected chi connectivity index (χ4v) is 2.95. The Hall–Kier alpha value is -1.84. The predicted molar refractivity (Wildman–Crippen MR) is 90.8 cm³/mol. The van der Waals surface area contributed by atoms with Crippen LogP contribution in [0.1, 0.15) is 62.2 Å². The molecule has 4 nitrogen and oxygen atoms in total. The first kappa shape index (κ1) is 17.5. The number of ether oxygens (including phenoxy) is 1. The van der Waals surface area contributed by atoms with E-state index >= 15 is 0 Å². The second kappa shape index (κ2) is 9.33. The monoisotopic (exact) mass is 317 g/mol. The van der Waals surface area contributed by atoms with E-state index in [1.807, 2.05) is 0 Å². The van der Waals surface area contributed by atoms with Crippen LogP contribution in [0.25, 0.3) is 0 Å². The number of benzene rings is 1. The van der Waals surface area contributed by atoms with E-state index in [4.69, 9.17) is 4.74 Å². The van der Waals surface area contributed by atoms with Crippen LogP contribution in [0.2, 0.25) is 0 Å². The van der Waals surface area contributed by atoms with Gasteiger partial charge in [0.2, 0.25) is 5.91 Å². The highest BCUT2D eigenvalue weighted by atomic mass is 16.5. The number of carbonyl (C=O) groups is 2. The Morgan fingerprint density at radius 1 is 1.13 bits per heavy atom. The highest BCUT2D eigenvalue weighted by Crippen LogP contribution is 2.22. The first-order valence-corrected chi connectivity index (χ1v) is 8.65. The van der Waals surface area contributed by atoms with E-state index < -0.39 is 0 Å². The summed E-state index contributed by atoms with van der Waals surface area (Å²) in [4.78, 5) is 23.0. The molecule has 0 aromatic heterocycles. The summed E-state index contributed by atoms with van der Waals surface area (Å²) < 4.78 is 5.59. The van der Waals surface area contributed by atoms with Crippen molar-refractivity contribution in [3.05, 3.63) is 29.8 Å². The minimum atomic E-state index is 0.0474. The van der Waals surface area contributed by atoms with E-state index in [9.17, 15) is 9.59 Å². The first-order chi connectivity index (χ1) is 11.1. The molecule has 126 valence electrons. The molecule has 1 aromatic carbocycles. The molecule has 0 saturated heterocycles. The fourth-order valence-electron chi connectivity index (χ4n) is 2.95. The van der Waals surface area contributed by atoms with E-state index in [0.717, 1.165) is 12.3 Å². The normalized spacial score (nSPS) is 15.2. The molecule has 1 fully saturated rings. The molecule has 0 aliphatic heterocycles. The number of hydrogen-bond acceptors (Lipinski definition) is 3. The van der Waals surface area contributed by atoms with Gasteiger partial charge in [0, 0.05) is 18.5 Å². The molecule has 0 unspecified atom stereocenters. The lowest BCUT2D eigenvalue weighted by Crippen LogP contribution is -2.30. The van der Waals surface area contributed by atoms with Gasteiger partial charge in [0.05, 0.1) is 6.61 Å². The summed E-state index contributed by atoms with van der Waals surface area (Å²) in [6.45, 7) is 2.88. The summed E-state index contributed by atoms with van der Waals surface area (Å²) >= 11 is 0. The molecule has 1 aromatic rings. The van der Waals surface area contributed by atoms with Crippen molar-refractivity contribution in [3.63, 3.8) is 0 Å². The second-order valence-corrected chi connectivity index (χ2v) is 6.34. The van der Waals surface area contributed by atoms with Crippen LogP contribution in [0.5, 0.6) is 5.75 Å². The van der Waals surface area contributed by atoms with Gasteiger partial charge in [-0.15, -0.1) is 0 Å². The van der Waals surface area contributed by atoms with E-state index in [2.05, 4.69) is 5.32 Å². The molecule has 0 atom stereocenters. The van der Waals surface area contributed by atoms with Crippen LogP contribution in [0.3, 0.4) is 0 Å². The molecule has 0 bridgehead atoms. The van der Waals surface area contributed by atoms with Gasteiger partial charge >= 0.3 is 0 Å². The molecule has 1 aliphatic rings. The standard InChI is InChI=1S/C19H27NO3/c1-15(21)17-9-11-18(12-10-17)23-13-5-8-19(22)20-14-16-6-3-2-4-7-16/h9-12,16H,2-8,13-14H2,1H3,(H,20,22). The van der Waals surface area contributed by atoms with E-state index in [1.165, 1.54) is 32.1 Å². The SMILES string of the molecule is CC(=O)c1ccc(OCCCC(=O)NCC2CCCCC2)cc1. The zero-order valence-electron chi connectivity index (χ0n) is 14.0. The summed E-state index contributed by atoms with van der Waals surface area (Å²) in [7, 11) is 0. The highest BCUT2D eigenvalue weighted by Gasteiger charge is 2.14. The molecule has 1 N–H and O–H groups in total. The van der Waals surface area contributed by atoms with Crippen molar-refractivity contribution in [1.29, 1.82) is 0 Å². The van der Waals surface area contributed by atoms with Crippen molar-refractivity contribution >= 4 is 11.7 Å². The molecule has 4 heteroatoms. The first-order valence-electron chi connectivity index (χ1n) is 8.65. The number of nitrogens with one attached hydrogen (secondary N) is 1. The Morgan fingerprint density at radius 3 is 2.48 bits per heavy atom. The zero-order chi connectivity index (χ0) is 16.5. The van der Waals surface area contributed by atoms with E-state index in [1.54, 1.807) is 31.2 Å². The quantitative estimate of drug-likeness (QED) is 0.587. The summed E-state index contributed by atoms with van der Waals surface area (Å²) in [6.07, 6.45) is 7.64. The third-order valence-electron chi connectivity index (χ3n) is 4.39. The maximum atomic E-state index is 11.8. The molecule has 1 saturated carbocycles. The average Bonchev–Trinajstić information content (AvgIpc) is 2.58. The third-order valence-corrected chi connectivity index (χ3v) is 4.39. The van der Waals surface area contributed by atoms with Crippen LogP contribution in [0.4, 0.5) is 0 Å². The Labute approximate surface area is 138 Å². The number of carbonyl (C=O) groups excluding carboxylic acids is 2. The molecule has 1 aliphatic carbocycles. The van der Waals surface area contributed by atoms with Gasteiger partial charge in [-0.3, -0.25) is 9.59 Å². The van der Waals surface area contributed by atoms with Gasteiger partial charge in [-0.1, -0.05) is 19.3 Å². The molecular weight excluding hydrogens is 290 g/mol. The molecule has 23 heavy (non-hydrogen) atoms. The maximum Gasteiger partial charge on any atom is 0.220 e. The minimum absolute atomic E-state index is 0.0474. The zero-order valence-corrected chi connectivity index (χ0v) is 14.0. The van der Waals surface area contributed by atoms with Crippen LogP contribution in [-0.2, 0) is 4.79 Å². The van der Waals surface area contributed by atoms with Gasteiger partial charge in [0.25, 0.3) is 0 Å². The van der Waals surface area contributed by atoms with Crippen LogP contribution < -0.4 is 10.1 Å². The summed E-state index contributed by atoms with van der Waals surface area (Å²) in [5.74, 6) is 1.57. The minimum Gasteiger partial charge on any atom is -0.494 e. The van der Waals surface area contributed by atoms with Crippen molar-refractivity contribution in [3.8, 4) is 5.75 Å². The van der Waals surface area contributed by atoms with E-state index in [-0.39, 0.29) is 11.7 Å². The lowest BCUT2D eigenvalue weighted by atomic mass is 9.89. The van der Waals surface area contributed by atoms with Crippen LogP contribution >= 0.6 is 0 Å². The van der Waals surface area contributed by atoms with Gasteiger partial charge in [-0.05, 0) is 56.4 Å². The van der Waals surface area contributed by atoms with Gasteiger partial charge in [-0.2, -0.15) is 0 Å². The van der Waals surface area contributed by atoms with E-state index in [0.29, 0.717) is 30.9 Å². The highest BCUT2D eigenvalue weighted by molar-refractivity contribution is 5.94. The van der Waals surface area contributed by atoms with Crippen LogP contribution in [0, 0.1) is 5.92 Å². The number of rotatable bonds is 8. The number of hydrogen-bond donors (Lipinski definition) is 1. The van der Waals surface area contributed by atoms with Gasteiger partial charge in [0.1, 0.15) is 5.75 Å². The van der Waals surface area contributed by atoms with Crippen LogP contribution in [-0.4, -0.2) is 24.8 Å². The van der Waals surface area contributed by atoms with Gasteiger partial charge in [-0.25, -0.2) is 0 Å². The molecule has 1 amide bonds. The predicted octanol–water partition coefficient (Wildman–Crippen LogP) is 3.74. The lowest BCUT2D eigenvalue weighted by Gasteiger charge is -2.21.